The van der Waals surface area contributed by atoms with Gasteiger partial charge < -0.3 is 10.1 Å². The molecule has 21 heavy (non-hydrogen) atoms. The highest BCUT2D eigenvalue weighted by molar-refractivity contribution is 5.87. The lowest BCUT2D eigenvalue weighted by molar-refractivity contribution is 0.309. The van der Waals surface area contributed by atoms with Crippen molar-refractivity contribution >= 4 is 10.8 Å². The van der Waals surface area contributed by atoms with Gasteiger partial charge in [-0.1, -0.05) is 36.4 Å². The molecule has 0 bridgehead atoms. The van der Waals surface area contributed by atoms with E-state index in [1.165, 1.54) is 29.2 Å². The maximum atomic E-state index is 6.01. The second-order valence-corrected chi connectivity index (χ2v) is 5.70. The molecule has 1 aliphatic rings. The van der Waals surface area contributed by atoms with Crippen LogP contribution in [0.2, 0.25) is 0 Å². The fourth-order valence-electron chi connectivity index (χ4n) is 2.58. The predicted molar refractivity (Wildman–Crippen MR) is 88.7 cm³/mol. The van der Waals surface area contributed by atoms with Crippen LogP contribution in [0.25, 0.3) is 10.8 Å². The molecule has 2 heteroatoms. The van der Waals surface area contributed by atoms with Crippen molar-refractivity contribution in [3.8, 4) is 5.75 Å². The molecule has 1 aliphatic carbocycles. The molecule has 1 N–H and O–H groups in total. The summed E-state index contributed by atoms with van der Waals surface area (Å²) >= 11 is 0. The number of allylic oxidation sites excluding steroid dienone is 1. The minimum Gasteiger partial charge on any atom is -0.493 e. The summed E-state index contributed by atoms with van der Waals surface area (Å²) in [6, 6.07) is 13.5. The van der Waals surface area contributed by atoms with Crippen molar-refractivity contribution in [2.24, 2.45) is 0 Å². The van der Waals surface area contributed by atoms with Crippen molar-refractivity contribution in [1.29, 1.82) is 0 Å². The summed E-state index contributed by atoms with van der Waals surface area (Å²) in [6.07, 6.45) is 6.58. The molecule has 0 heterocycles. The van der Waals surface area contributed by atoms with E-state index in [1.54, 1.807) is 0 Å². The first-order chi connectivity index (χ1) is 10.4. The Labute approximate surface area is 126 Å². The highest BCUT2D eigenvalue weighted by Gasteiger charge is 2.21. The summed E-state index contributed by atoms with van der Waals surface area (Å²) in [5, 5.41) is 6.19. The molecule has 0 atom stereocenters. The van der Waals surface area contributed by atoms with Crippen molar-refractivity contribution in [2.75, 3.05) is 6.61 Å². The third-order valence-corrected chi connectivity index (χ3v) is 3.95. The number of ether oxygens (including phenoxy) is 1. The average molecular weight is 281 g/mol. The van der Waals surface area contributed by atoms with E-state index in [2.05, 4.69) is 48.3 Å². The minimum atomic E-state index is 0.706. The third kappa shape index (κ3) is 3.64. The topological polar surface area (TPSA) is 21.3 Å². The SMILES string of the molecule is C=CCCCOc1ccc2ccccc2c1CNC1CC1. The first kappa shape index (κ1) is 14.2. The van der Waals surface area contributed by atoms with Crippen LogP contribution in [0.3, 0.4) is 0 Å². The number of rotatable bonds is 8. The quantitative estimate of drug-likeness (QED) is 0.570. The Morgan fingerprint density at radius 3 is 2.86 bits per heavy atom. The third-order valence-electron chi connectivity index (χ3n) is 3.95. The van der Waals surface area contributed by atoms with Gasteiger partial charge in [0.2, 0.25) is 0 Å². The smallest absolute Gasteiger partial charge is 0.124 e. The van der Waals surface area contributed by atoms with Crippen LogP contribution in [0.4, 0.5) is 0 Å². The van der Waals surface area contributed by atoms with Crippen molar-refractivity contribution in [3.05, 3.63) is 54.6 Å². The lowest BCUT2D eigenvalue weighted by Gasteiger charge is -2.15. The van der Waals surface area contributed by atoms with E-state index < -0.39 is 0 Å². The van der Waals surface area contributed by atoms with Gasteiger partial charge in [-0.15, -0.1) is 6.58 Å². The van der Waals surface area contributed by atoms with Gasteiger partial charge in [-0.2, -0.15) is 0 Å². The van der Waals surface area contributed by atoms with Crippen molar-refractivity contribution in [3.63, 3.8) is 0 Å². The zero-order valence-electron chi connectivity index (χ0n) is 12.5. The zero-order chi connectivity index (χ0) is 14.5. The highest BCUT2D eigenvalue weighted by atomic mass is 16.5. The van der Waals surface area contributed by atoms with Crippen molar-refractivity contribution < 1.29 is 4.74 Å². The summed E-state index contributed by atoms with van der Waals surface area (Å²) in [7, 11) is 0. The lowest BCUT2D eigenvalue weighted by Crippen LogP contribution is -2.16. The molecular weight excluding hydrogens is 258 g/mol. The Bertz CT molecular complexity index is 616. The van der Waals surface area contributed by atoms with E-state index in [1.807, 2.05) is 6.08 Å². The van der Waals surface area contributed by atoms with Crippen molar-refractivity contribution in [1.82, 2.24) is 5.32 Å². The molecular formula is C19H23NO. The van der Waals surface area contributed by atoms with E-state index in [0.717, 1.165) is 31.7 Å². The molecule has 0 spiro atoms. The van der Waals surface area contributed by atoms with Gasteiger partial charge in [-0.3, -0.25) is 0 Å². The van der Waals surface area contributed by atoms with Gasteiger partial charge in [0.05, 0.1) is 6.61 Å². The van der Waals surface area contributed by atoms with E-state index in [0.29, 0.717) is 6.04 Å². The molecule has 0 aromatic heterocycles. The van der Waals surface area contributed by atoms with Gasteiger partial charge in [-0.25, -0.2) is 0 Å². The molecule has 2 nitrogen and oxygen atoms in total. The number of nitrogens with one attached hydrogen (secondary N) is 1. The van der Waals surface area contributed by atoms with E-state index in [-0.39, 0.29) is 0 Å². The summed E-state index contributed by atoms with van der Waals surface area (Å²) in [6.45, 7) is 5.40. The molecule has 3 rings (SSSR count). The molecule has 0 saturated heterocycles. The summed E-state index contributed by atoms with van der Waals surface area (Å²) in [5.74, 6) is 1.02. The molecule has 0 radical (unpaired) electrons. The second-order valence-electron chi connectivity index (χ2n) is 5.70. The summed E-state index contributed by atoms with van der Waals surface area (Å²) in [5.41, 5.74) is 1.29. The Kier molecular flexibility index (Phi) is 4.56. The van der Waals surface area contributed by atoms with Gasteiger partial charge in [0.1, 0.15) is 5.75 Å². The van der Waals surface area contributed by atoms with Crippen LogP contribution in [0, 0.1) is 0 Å². The zero-order valence-corrected chi connectivity index (χ0v) is 12.5. The highest BCUT2D eigenvalue weighted by Crippen LogP contribution is 2.29. The number of benzene rings is 2. The molecule has 110 valence electrons. The van der Waals surface area contributed by atoms with Crippen LogP contribution in [0.5, 0.6) is 5.75 Å². The number of unbranched alkanes of at least 4 members (excludes halogenated alkanes) is 1. The first-order valence-corrected chi connectivity index (χ1v) is 7.86. The van der Waals surface area contributed by atoms with Crippen LogP contribution >= 0.6 is 0 Å². The maximum absolute atomic E-state index is 6.01. The normalized spacial score (nSPS) is 14.3. The molecule has 1 fully saturated rings. The van der Waals surface area contributed by atoms with Crippen LogP contribution in [0.1, 0.15) is 31.2 Å². The molecule has 0 aliphatic heterocycles. The Morgan fingerprint density at radius 1 is 1.19 bits per heavy atom. The second kappa shape index (κ2) is 6.77. The van der Waals surface area contributed by atoms with Gasteiger partial charge in [0.25, 0.3) is 0 Å². The minimum absolute atomic E-state index is 0.706. The average Bonchev–Trinajstić information content (AvgIpc) is 3.34. The molecule has 2 aromatic carbocycles. The predicted octanol–water partition coefficient (Wildman–Crippen LogP) is 4.44. The maximum Gasteiger partial charge on any atom is 0.124 e. The van der Waals surface area contributed by atoms with Gasteiger partial charge in [-0.05, 0) is 42.5 Å². The fourth-order valence-corrected chi connectivity index (χ4v) is 2.58. The van der Waals surface area contributed by atoms with Gasteiger partial charge in [0.15, 0.2) is 0 Å². The molecule has 1 saturated carbocycles. The van der Waals surface area contributed by atoms with Gasteiger partial charge >= 0.3 is 0 Å². The standard InChI is InChI=1S/C19H23NO/c1-2-3-6-13-21-19-12-9-15-7-4-5-8-17(15)18(19)14-20-16-10-11-16/h2,4-5,7-9,12,16,20H,1,3,6,10-11,13-14H2. The fraction of sp³-hybridized carbons (Fsp3) is 0.368. The number of fused-ring (bicyclic) bond motifs is 1. The molecule has 2 aromatic rings. The Hall–Kier alpha value is -1.80. The van der Waals surface area contributed by atoms with E-state index in [9.17, 15) is 0 Å². The van der Waals surface area contributed by atoms with E-state index >= 15 is 0 Å². The largest absolute Gasteiger partial charge is 0.493 e. The number of hydrogen-bond acceptors (Lipinski definition) is 2. The van der Waals surface area contributed by atoms with Gasteiger partial charge in [0, 0.05) is 18.2 Å². The number of hydrogen-bond donors (Lipinski definition) is 1. The molecule has 0 amide bonds. The van der Waals surface area contributed by atoms with Crippen molar-refractivity contribution in [2.45, 2.75) is 38.3 Å². The van der Waals surface area contributed by atoms with Crippen LogP contribution in [0.15, 0.2) is 49.1 Å². The van der Waals surface area contributed by atoms with Crippen LogP contribution in [-0.2, 0) is 6.54 Å². The Morgan fingerprint density at radius 2 is 2.05 bits per heavy atom. The molecule has 0 unspecified atom stereocenters. The lowest BCUT2D eigenvalue weighted by atomic mass is 10.0. The first-order valence-electron chi connectivity index (χ1n) is 7.86. The van der Waals surface area contributed by atoms with Crippen LogP contribution < -0.4 is 10.1 Å². The summed E-state index contributed by atoms with van der Waals surface area (Å²) in [4.78, 5) is 0. The Balaban J connectivity index is 1.81. The summed E-state index contributed by atoms with van der Waals surface area (Å²) < 4.78 is 6.01. The van der Waals surface area contributed by atoms with Crippen LogP contribution in [-0.4, -0.2) is 12.6 Å². The van der Waals surface area contributed by atoms with E-state index in [4.69, 9.17) is 4.74 Å². The monoisotopic (exact) mass is 281 g/mol.